The van der Waals surface area contributed by atoms with Gasteiger partial charge in [-0.1, -0.05) is 26.7 Å². The van der Waals surface area contributed by atoms with Gasteiger partial charge in [0.25, 0.3) is 0 Å². The fourth-order valence-corrected chi connectivity index (χ4v) is 4.46. The average Bonchev–Trinajstić information content (AvgIpc) is 3.17. The molecule has 0 bridgehead atoms. The summed E-state index contributed by atoms with van der Waals surface area (Å²) >= 11 is 0. The van der Waals surface area contributed by atoms with Crippen molar-refractivity contribution in [2.24, 2.45) is 22.2 Å². The quantitative estimate of drug-likeness (QED) is 0.620. The van der Waals surface area contributed by atoms with Gasteiger partial charge in [-0.15, -0.1) is 0 Å². The van der Waals surface area contributed by atoms with Crippen molar-refractivity contribution in [2.45, 2.75) is 52.4 Å². The van der Waals surface area contributed by atoms with Crippen LogP contribution < -0.4 is 5.32 Å². The predicted octanol–water partition coefficient (Wildman–Crippen LogP) is 2.58. The van der Waals surface area contributed by atoms with Crippen molar-refractivity contribution < 1.29 is 4.79 Å². The first-order valence-electron chi connectivity index (χ1n) is 9.55. The third-order valence-electron chi connectivity index (χ3n) is 5.61. The lowest BCUT2D eigenvalue weighted by Crippen LogP contribution is -2.49. The zero-order chi connectivity index (χ0) is 17.7. The Bertz CT molecular complexity index is 452. The van der Waals surface area contributed by atoms with Gasteiger partial charge in [0.1, 0.15) is 0 Å². The Morgan fingerprint density at radius 2 is 2.00 bits per heavy atom. The summed E-state index contributed by atoms with van der Waals surface area (Å²) in [4.78, 5) is 21.3. The van der Waals surface area contributed by atoms with Gasteiger partial charge in [0.15, 0.2) is 5.96 Å². The molecule has 1 N–H and O–H groups in total. The molecule has 1 heterocycles. The van der Waals surface area contributed by atoms with Crippen molar-refractivity contribution in [2.75, 3.05) is 40.8 Å². The molecule has 1 unspecified atom stereocenters. The van der Waals surface area contributed by atoms with E-state index < -0.39 is 0 Å². The summed E-state index contributed by atoms with van der Waals surface area (Å²) in [6, 6.07) is 0. The van der Waals surface area contributed by atoms with E-state index in [4.69, 9.17) is 0 Å². The Balaban J connectivity index is 1.94. The zero-order valence-electron chi connectivity index (χ0n) is 16.3. The highest BCUT2D eigenvalue weighted by Gasteiger charge is 2.42. The van der Waals surface area contributed by atoms with E-state index in [1.54, 1.807) is 4.90 Å². The maximum Gasteiger partial charge on any atom is 0.230 e. The van der Waals surface area contributed by atoms with Gasteiger partial charge in [0.05, 0.1) is 5.41 Å². The number of rotatable bonds is 5. The molecule has 1 aliphatic heterocycles. The third-order valence-corrected chi connectivity index (χ3v) is 5.61. The van der Waals surface area contributed by atoms with Crippen LogP contribution in [-0.4, -0.2) is 62.4 Å². The van der Waals surface area contributed by atoms with Crippen molar-refractivity contribution in [1.82, 2.24) is 15.1 Å². The molecule has 0 spiro atoms. The van der Waals surface area contributed by atoms with Crippen LogP contribution in [0.4, 0.5) is 0 Å². The highest BCUT2D eigenvalue weighted by molar-refractivity contribution is 5.85. The molecule has 1 atom stereocenters. The Hall–Kier alpha value is -1.26. The topological polar surface area (TPSA) is 47.9 Å². The summed E-state index contributed by atoms with van der Waals surface area (Å²) in [7, 11) is 5.59. The summed E-state index contributed by atoms with van der Waals surface area (Å²) in [5.41, 5.74) is -0.240. The number of hydrogen-bond acceptors (Lipinski definition) is 2. The van der Waals surface area contributed by atoms with Crippen molar-refractivity contribution in [3.8, 4) is 0 Å². The molecular formula is C19H36N4O. The third kappa shape index (κ3) is 4.42. The van der Waals surface area contributed by atoms with Gasteiger partial charge in [0, 0.05) is 40.8 Å². The number of carbonyl (C=O) groups excluding carboxylic acids is 1. The first-order valence-corrected chi connectivity index (χ1v) is 9.55. The molecule has 0 aromatic rings. The van der Waals surface area contributed by atoms with Gasteiger partial charge in [-0.25, -0.2) is 0 Å². The lowest BCUT2D eigenvalue weighted by Gasteiger charge is -2.32. The SMILES string of the molecule is CN=C(NCC1(C(=O)N(C)C)CCCC1)N1CCC(CC(C)C)C1. The molecule has 5 nitrogen and oxygen atoms in total. The number of hydrogen-bond donors (Lipinski definition) is 1. The van der Waals surface area contributed by atoms with Gasteiger partial charge in [-0.05, 0) is 37.5 Å². The summed E-state index contributed by atoms with van der Waals surface area (Å²) in [5, 5.41) is 3.53. The fraction of sp³-hybridized carbons (Fsp3) is 0.895. The fourth-order valence-electron chi connectivity index (χ4n) is 4.46. The summed E-state index contributed by atoms with van der Waals surface area (Å²) in [6.45, 7) is 7.47. The smallest absolute Gasteiger partial charge is 0.230 e. The maximum atomic E-state index is 12.7. The molecule has 1 aliphatic carbocycles. The molecule has 0 radical (unpaired) electrons. The van der Waals surface area contributed by atoms with E-state index in [2.05, 4.69) is 29.1 Å². The minimum atomic E-state index is -0.240. The lowest BCUT2D eigenvalue weighted by atomic mass is 9.84. The van der Waals surface area contributed by atoms with Crippen molar-refractivity contribution in [3.63, 3.8) is 0 Å². The molecule has 0 aromatic heterocycles. The van der Waals surface area contributed by atoms with Gasteiger partial charge < -0.3 is 15.1 Å². The van der Waals surface area contributed by atoms with E-state index in [9.17, 15) is 4.79 Å². The second-order valence-electron chi connectivity index (χ2n) is 8.32. The molecule has 24 heavy (non-hydrogen) atoms. The molecule has 2 rings (SSSR count). The molecule has 2 fully saturated rings. The second-order valence-corrected chi connectivity index (χ2v) is 8.32. The van der Waals surface area contributed by atoms with E-state index in [1.807, 2.05) is 21.1 Å². The van der Waals surface area contributed by atoms with Crippen molar-refractivity contribution in [1.29, 1.82) is 0 Å². The Morgan fingerprint density at radius 1 is 1.33 bits per heavy atom. The van der Waals surface area contributed by atoms with Crippen molar-refractivity contribution in [3.05, 3.63) is 0 Å². The zero-order valence-corrected chi connectivity index (χ0v) is 16.3. The van der Waals surface area contributed by atoms with Gasteiger partial charge in [0.2, 0.25) is 5.91 Å². The van der Waals surface area contributed by atoms with Crippen LogP contribution >= 0.6 is 0 Å². The number of carbonyl (C=O) groups is 1. The van der Waals surface area contributed by atoms with Gasteiger partial charge >= 0.3 is 0 Å². The van der Waals surface area contributed by atoms with Crippen LogP contribution in [0, 0.1) is 17.3 Å². The van der Waals surface area contributed by atoms with Crippen LogP contribution in [0.15, 0.2) is 4.99 Å². The van der Waals surface area contributed by atoms with Crippen LogP contribution in [0.5, 0.6) is 0 Å². The van der Waals surface area contributed by atoms with Crippen LogP contribution in [0.3, 0.4) is 0 Å². The second kappa shape index (κ2) is 8.21. The van der Waals surface area contributed by atoms with Crippen LogP contribution in [0.1, 0.15) is 52.4 Å². The number of aliphatic imine (C=N–C) groups is 1. The minimum Gasteiger partial charge on any atom is -0.355 e. The number of nitrogens with zero attached hydrogens (tertiary/aromatic N) is 3. The number of nitrogens with one attached hydrogen (secondary N) is 1. The average molecular weight is 337 g/mol. The molecular weight excluding hydrogens is 300 g/mol. The van der Waals surface area contributed by atoms with Crippen LogP contribution in [0.2, 0.25) is 0 Å². The maximum absolute atomic E-state index is 12.7. The standard InChI is InChI=1S/C19H36N4O/c1-15(2)12-16-8-11-23(13-16)18(20-3)21-14-19(9-6-7-10-19)17(24)22(4)5/h15-16H,6-14H2,1-5H3,(H,20,21). The molecule has 1 amide bonds. The highest BCUT2D eigenvalue weighted by Crippen LogP contribution is 2.39. The number of likely N-dealkylation sites (tertiary alicyclic amines) is 1. The Kier molecular flexibility index (Phi) is 6.53. The monoisotopic (exact) mass is 336 g/mol. The van der Waals surface area contributed by atoms with E-state index in [1.165, 1.54) is 12.8 Å². The highest BCUT2D eigenvalue weighted by atomic mass is 16.2. The molecule has 1 saturated carbocycles. The minimum absolute atomic E-state index is 0.240. The first-order chi connectivity index (χ1) is 11.4. The van der Waals surface area contributed by atoms with Crippen LogP contribution in [-0.2, 0) is 4.79 Å². The molecule has 2 aliphatic rings. The molecule has 5 heteroatoms. The summed E-state index contributed by atoms with van der Waals surface area (Å²) < 4.78 is 0. The largest absolute Gasteiger partial charge is 0.355 e. The predicted molar refractivity (Wildman–Crippen MR) is 100 cm³/mol. The number of amides is 1. The molecule has 138 valence electrons. The Labute approximate surface area is 147 Å². The normalized spacial score (nSPS) is 23.8. The summed E-state index contributed by atoms with van der Waals surface area (Å²) in [6.07, 6.45) is 6.82. The van der Waals surface area contributed by atoms with E-state index in [0.717, 1.165) is 56.6 Å². The Morgan fingerprint density at radius 3 is 2.54 bits per heavy atom. The van der Waals surface area contributed by atoms with Gasteiger partial charge in [-0.3, -0.25) is 9.79 Å². The first kappa shape index (κ1) is 19.1. The van der Waals surface area contributed by atoms with Gasteiger partial charge in [-0.2, -0.15) is 0 Å². The number of guanidine groups is 1. The van der Waals surface area contributed by atoms with E-state index >= 15 is 0 Å². The van der Waals surface area contributed by atoms with E-state index in [0.29, 0.717) is 6.54 Å². The molecule has 1 saturated heterocycles. The van der Waals surface area contributed by atoms with Crippen LogP contribution in [0.25, 0.3) is 0 Å². The summed E-state index contributed by atoms with van der Waals surface area (Å²) in [5.74, 6) is 2.76. The van der Waals surface area contributed by atoms with E-state index in [-0.39, 0.29) is 11.3 Å². The van der Waals surface area contributed by atoms with Crippen molar-refractivity contribution >= 4 is 11.9 Å². The molecule has 0 aromatic carbocycles. The lowest BCUT2D eigenvalue weighted by molar-refractivity contribution is -0.138.